The number of ether oxygens (including phenoxy) is 2. The fourth-order valence-electron chi connectivity index (χ4n) is 3.39. The van der Waals surface area contributed by atoms with Crippen LogP contribution in [0.3, 0.4) is 0 Å². The molecule has 31 heavy (non-hydrogen) atoms. The van der Waals surface area contributed by atoms with Crippen LogP contribution in [0.2, 0.25) is 0 Å². The Kier molecular flexibility index (Phi) is 6.71. The highest BCUT2D eigenvalue weighted by molar-refractivity contribution is 5.37. The van der Waals surface area contributed by atoms with E-state index < -0.39 is 22.3 Å². The van der Waals surface area contributed by atoms with Crippen LogP contribution in [0.5, 0.6) is 11.5 Å². The number of terminal acetylenes is 1. The van der Waals surface area contributed by atoms with Crippen molar-refractivity contribution in [1.82, 2.24) is 4.90 Å². The molecule has 6 nitrogen and oxygen atoms in total. The van der Waals surface area contributed by atoms with E-state index in [-0.39, 0.29) is 18.0 Å². The second-order valence-corrected chi connectivity index (χ2v) is 7.18. The van der Waals surface area contributed by atoms with Gasteiger partial charge in [-0.05, 0) is 24.3 Å². The Morgan fingerprint density at radius 3 is 2.35 bits per heavy atom. The Hall–Kier alpha value is -3.25. The third kappa shape index (κ3) is 5.67. The van der Waals surface area contributed by atoms with Gasteiger partial charge in [0.2, 0.25) is 0 Å². The molecule has 0 N–H and O–H groups in total. The van der Waals surface area contributed by atoms with Crippen LogP contribution in [0.15, 0.2) is 48.5 Å². The molecular formula is C22H21F3N2O4. The van der Waals surface area contributed by atoms with Crippen molar-refractivity contribution in [3.05, 3.63) is 64.2 Å². The summed E-state index contributed by atoms with van der Waals surface area (Å²) < 4.78 is 50.5. The largest absolute Gasteiger partial charge is 0.492 e. The van der Waals surface area contributed by atoms with Crippen molar-refractivity contribution in [2.75, 3.05) is 26.2 Å². The Bertz CT molecular complexity index is 946. The molecule has 0 saturated carbocycles. The number of halogens is 3. The highest BCUT2D eigenvalue weighted by atomic mass is 19.4. The van der Waals surface area contributed by atoms with Crippen molar-refractivity contribution in [2.24, 2.45) is 0 Å². The normalized spacial score (nSPS) is 16.3. The highest BCUT2D eigenvalue weighted by Crippen LogP contribution is 2.36. The number of nitro groups is 1. The van der Waals surface area contributed by atoms with Crippen LogP contribution in [0.25, 0.3) is 0 Å². The Labute approximate surface area is 177 Å². The molecule has 0 spiro atoms. The van der Waals surface area contributed by atoms with E-state index in [4.69, 9.17) is 15.9 Å². The quantitative estimate of drug-likeness (QED) is 0.364. The number of benzene rings is 2. The second-order valence-electron chi connectivity index (χ2n) is 7.18. The predicted octanol–water partition coefficient (Wildman–Crippen LogP) is 4.54. The standard InChI is InChI=1S/C22H21F3N2O4/c1-2-21(31-18-9-7-17(8-10-18)27(28)29)11-13-26(14-12-21)15-16-30-20-6-4-3-5-19(20)22(23,24)25/h1,3-10H,11-16H2. The molecule has 9 heteroatoms. The van der Waals surface area contributed by atoms with Crippen LogP contribution < -0.4 is 9.47 Å². The average molecular weight is 434 g/mol. The number of nitro benzene ring substituents is 1. The molecule has 2 aromatic rings. The summed E-state index contributed by atoms with van der Waals surface area (Å²) in [5, 5.41) is 10.8. The second kappa shape index (κ2) is 9.27. The fourth-order valence-corrected chi connectivity index (χ4v) is 3.39. The molecule has 0 aliphatic carbocycles. The summed E-state index contributed by atoms with van der Waals surface area (Å²) in [6.07, 6.45) is 2.27. The first-order valence-electron chi connectivity index (χ1n) is 9.65. The lowest BCUT2D eigenvalue weighted by molar-refractivity contribution is -0.384. The van der Waals surface area contributed by atoms with Crippen molar-refractivity contribution in [1.29, 1.82) is 0 Å². The van der Waals surface area contributed by atoms with Gasteiger partial charge in [-0.2, -0.15) is 13.2 Å². The van der Waals surface area contributed by atoms with Gasteiger partial charge in [0.25, 0.3) is 5.69 Å². The summed E-state index contributed by atoms with van der Waals surface area (Å²) in [5.74, 6) is 2.95. The molecule has 0 unspecified atom stereocenters. The van der Waals surface area contributed by atoms with Gasteiger partial charge in [-0.15, -0.1) is 6.42 Å². The molecule has 164 valence electrons. The molecule has 0 radical (unpaired) electrons. The fraction of sp³-hybridized carbons (Fsp3) is 0.364. The predicted molar refractivity (Wildman–Crippen MR) is 108 cm³/mol. The van der Waals surface area contributed by atoms with E-state index in [0.29, 0.717) is 38.2 Å². The van der Waals surface area contributed by atoms with Gasteiger partial charge in [-0.25, -0.2) is 0 Å². The Balaban J connectivity index is 1.52. The zero-order valence-corrected chi connectivity index (χ0v) is 16.6. The minimum absolute atomic E-state index is 0.0379. The monoisotopic (exact) mass is 434 g/mol. The van der Waals surface area contributed by atoms with Crippen LogP contribution in [-0.4, -0.2) is 41.7 Å². The van der Waals surface area contributed by atoms with E-state index >= 15 is 0 Å². The summed E-state index contributed by atoms with van der Waals surface area (Å²) in [6.45, 7) is 1.73. The van der Waals surface area contributed by atoms with Gasteiger partial charge < -0.3 is 9.47 Å². The highest BCUT2D eigenvalue weighted by Gasteiger charge is 2.36. The number of alkyl halides is 3. The maximum atomic E-state index is 13.0. The van der Waals surface area contributed by atoms with Gasteiger partial charge in [0, 0.05) is 44.6 Å². The number of piperidine rings is 1. The van der Waals surface area contributed by atoms with Gasteiger partial charge in [-0.3, -0.25) is 15.0 Å². The number of rotatable bonds is 7. The number of hydrogen-bond donors (Lipinski definition) is 0. The van der Waals surface area contributed by atoms with E-state index in [9.17, 15) is 23.3 Å². The van der Waals surface area contributed by atoms with Gasteiger partial charge in [0.15, 0.2) is 5.60 Å². The molecule has 0 amide bonds. The first kappa shape index (κ1) is 22.4. The maximum Gasteiger partial charge on any atom is 0.419 e. The molecule has 1 aliphatic rings. The molecule has 3 rings (SSSR count). The Morgan fingerprint density at radius 2 is 1.77 bits per heavy atom. The van der Waals surface area contributed by atoms with Crippen LogP contribution in [0, 0.1) is 22.5 Å². The summed E-state index contributed by atoms with van der Waals surface area (Å²) in [4.78, 5) is 12.3. The van der Waals surface area contributed by atoms with Crippen molar-refractivity contribution >= 4 is 5.69 Å². The van der Waals surface area contributed by atoms with Crippen molar-refractivity contribution in [2.45, 2.75) is 24.6 Å². The summed E-state index contributed by atoms with van der Waals surface area (Å²) in [7, 11) is 0. The summed E-state index contributed by atoms with van der Waals surface area (Å²) in [6, 6.07) is 10.8. The molecule has 1 aliphatic heterocycles. The molecule has 1 saturated heterocycles. The van der Waals surface area contributed by atoms with Crippen LogP contribution in [-0.2, 0) is 6.18 Å². The summed E-state index contributed by atoms with van der Waals surface area (Å²) >= 11 is 0. The SMILES string of the molecule is C#CC1(Oc2ccc([N+](=O)[O-])cc2)CCN(CCOc2ccccc2C(F)(F)F)CC1. The number of likely N-dealkylation sites (tertiary alicyclic amines) is 1. The lowest BCUT2D eigenvalue weighted by Crippen LogP contribution is -2.48. The van der Waals surface area contributed by atoms with E-state index in [0.717, 1.165) is 6.07 Å². The number of non-ortho nitro benzene ring substituents is 1. The van der Waals surface area contributed by atoms with Crippen LogP contribution in [0.1, 0.15) is 18.4 Å². The minimum Gasteiger partial charge on any atom is -0.492 e. The van der Waals surface area contributed by atoms with Crippen LogP contribution in [0.4, 0.5) is 18.9 Å². The van der Waals surface area contributed by atoms with Gasteiger partial charge in [-0.1, -0.05) is 18.1 Å². The third-order valence-corrected chi connectivity index (χ3v) is 5.15. The van der Waals surface area contributed by atoms with Crippen LogP contribution >= 0.6 is 0 Å². The topological polar surface area (TPSA) is 64.8 Å². The van der Waals surface area contributed by atoms with Crippen molar-refractivity contribution in [3.8, 4) is 23.8 Å². The first-order chi connectivity index (χ1) is 14.7. The zero-order valence-electron chi connectivity index (χ0n) is 16.6. The van der Waals surface area contributed by atoms with E-state index in [1.54, 1.807) is 0 Å². The molecule has 2 aromatic carbocycles. The summed E-state index contributed by atoms with van der Waals surface area (Å²) in [5.41, 5.74) is -1.67. The molecule has 1 fully saturated rings. The lowest BCUT2D eigenvalue weighted by Gasteiger charge is -2.38. The van der Waals surface area contributed by atoms with E-state index in [1.807, 2.05) is 4.90 Å². The molecule has 0 bridgehead atoms. The van der Waals surface area contributed by atoms with Gasteiger partial charge >= 0.3 is 6.18 Å². The molecule has 0 atom stereocenters. The average Bonchev–Trinajstić information content (AvgIpc) is 2.75. The number of nitrogens with zero attached hydrogens (tertiary/aromatic N) is 2. The molecule has 1 heterocycles. The minimum atomic E-state index is -4.47. The number of para-hydroxylation sites is 1. The maximum absolute atomic E-state index is 13.0. The van der Waals surface area contributed by atoms with Crippen molar-refractivity contribution in [3.63, 3.8) is 0 Å². The van der Waals surface area contributed by atoms with E-state index in [1.165, 1.54) is 42.5 Å². The van der Waals surface area contributed by atoms with Gasteiger partial charge in [0.05, 0.1) is 10.5 Å². The smallest absolute Gasteiger partial charge is 0.419 e. The zero-order chi connectivity index (χ0) is 22.5. The number of hydrogen-bond acceptors (Lipinski definition) is 5. The van der Waals surface area contributed by atoms with Crippen molar-refractivity contribution < 1.29 is 27.6 Å². The van der Waals surface area contributed by atoms with Gasteiger partial charge in [0.1, 0.15) is 18.1 Å². The third-order valence-electron chi connectivity index (χ3n) is 5.15. The lowest BCUT2D eigenvalue weighted by atomic mass is 9.92. The first-order valence-corrected chi connectivity index (χ1v) is 9.65. The molecule has 0 aromatic heterocycles. The Morgan fingerprint density at radius 1 is 1.13 bits per heavy atom. The van der Waals surface area contributed by atoms with E-state index in [2.05, 4.69) is 5.92 Å². The molecular weight excluding hydrogens is 413 g/mol.